The summed E-state index contributed by atoms with van der Waals surface area (Å²) in [5, 5.41) is 0. The number of hydrogen-bond donors (Lipinski definition) is 2. The highest BCUT2D eigenvalue weighted by molar-refractivity contribution is 5.96. The van der Waals surface area contributed by atoms with Gasteiger partial charge in [0.2, 0.25) is 5.91 Å². The minimum atomic E-state index is -0.677. The van der Waals surface area contributed by atoms with Crippen LogP contribution in [0.1, 0.15) is 51.5 Å². The number of nitrogen functional groups attached to an aromatic ring is 1. The molecule has 1 amide bonds. The van der Waals surface area contributed by atoms with Crippen molar-refractivity contribution in [3.63, 3.8) is 0 Å². The van der Waals surface area contributed by atoms with Crippen LogP contribution in [0.15, 0.2) is 33.9 Å². The second-order valence-corrected chi connectivity index (χ2v) is 7.05. The molecule has 0 bridgehead atoms. The van der Waals surface area contributed by atoms with Gasteiger partial charge in [-0.05, 0) is 30.5 Å². The van der Waals surface area contributed by atoms with Gasteiger partial charge >= 0.3 is 5.69 Å². The van der Waals surface area contributed by atoms with Crippen LogP contribution in [0.5, 0.6) is 0 Å². The van der Waals surface area contributed by atoms with E-state index in [0.29, 0.717) is 25.1 Å². The smallest absolute Gasteiger partial charge is 0.330 e. The first-order chi connectivity index (χ1) is 13.9. The van der Waals surface area contributed by atoms with Crippen LogP contribution in [-0.2, 0) is 17.8 Å². The van der Waals surface area contributed by atoms with Gasteiger partial charge in [0.25, 0.3) is 5.56 Å². The van der Waals surface area contributed by atoms with Crippen molar-refractivity contribution in [2.45, 2.75) is 58.9 Å². The normalized spacial score (nSPS) is 10.9. The molecule has 0 fully saturated rings. The Morgan fingerprint density at radius 1 is 1.10 bits per heavy atom. The number of benzene rings is 1. The number of aromatic amines is 1. The molecule has 1 heterocycles. The number of rotatable bonds is 10. The Morgan fingerprint density at radius 2 is 1.76 bits per heavy atom. The Bertz CT molecular complexity index is 934. The molecule has 0 saturated carbocycles. The van der Waals surface area contributed by atoms with E-state index in [9.17, 15) is 18.8 Å². The van der Waals surface area contributed by atoms with Crippen molar-refractivity contribution in [3.8, 4) is 0 Å². The molecule has 2 aromatic rings. The van der Waals surface area contributed by atoms with E-state index in [1.807, 2.05) is 13.8 Å². The van der Waals surface area contributed by atoms with Gasteiger partial charge in [-0.25, -0.2) is 9.18 Å². The van der Waals surface area contributed by atoms with Crippen LogP contribution in [-0.4, -0.2) is 22.0 Å². The zero-order chi connectivity index (χ0) is 21.4. The van der Waals surface area contributed by atoms with E-state index in [2.05, 4.69) is 4.98 Å². The topological polar surface area (TPSA) is 101 Å². The number of nitrogens with two attached hydrogens (primary N) is 1. The molecular weight excluding hydrogens is 375 g/mol. The van der Waals surface area contributed by atoms with E-state index < -0.39 is 11.2 Å². The lowest BCUT2D eigenvalue weighted by Gasteiger charge is -2.24. The summed E-state index contributed by atoms with van der Waals surface area (Å²) in [6, 6.07) is 5.65. The van der Waals surface area contributed by atoms with Crippen molar-refractivity contribution in [2.75, 3.05) is 17.2 Å². The van der Waals surface area contributed by atoms with Gasteiger partial charge in [0, 0.05) is 13.1 Å². The molecule has 29 heavy (non-hydrogen) atoms. The number of carbonyl (C=O) groups excluding carboxylic acids is 1. The lowest BCUT2D eigenvalue weighted by Crippen LogP contribution is -2.42. The molecule has 158 valence electrons. The Labute approximate surface area is 169 Å². The molecule has 0 aliphatic carbocycles. The number of anilines is 2. The van der Waals surface area contributed by atoms with Crippen LogP contribution in [0.2, 0.25) is 0 Å². The minimum absolute atomic E-state index is 0.000624. The molecule has 8 heteroatoms. The van der Waals surface area contributed by atoms with E-state index in [1.54, 1.807) is 0 Å². The first-order valence-corrected chi connectivity index (χ1v) is 10.1. The fourth-order valence-electron chi connectivity index (χ4n) is 3.13. The molecule has 0 saturated heterocycles. The monoisotopic (exact) mass is 404 g/mol. The summed E-state index contributed by atoms with van der Waals surface area (Å²) in [4.78, 5) is 41.4. The van der Waals surface area contributed by atoms with Gasteiger partial charge in [0.1, 0.15) is 11.6 Å². The first-order valence-electron chi connectivity index (χ1n) is 10.1. The summed E-state index contributed by atoms with van der Waals surface area (Å²) in [6.07, 6.45) is 4.09. The molecule has 1 aromatic carbocycles. The molecule has 1 aromatic heterocycles. The number of halogens is 1. The molecule has 0 atom stereocenters. The summed E-state index contributed by atoms with van der Waals surface area (Å²) in [5.74, 6) is -0.716. The van der Waals surface area contributed by atoms with Gasteiger partial charge in [-0.2, -0.15) is 0 Å². The fraction of sp³-hybridized carbons (Fsp3) is 0.476. The van der Waals surface area contributed by atoms with Gasteiger partial charge in [-0.1, -0.05) is 45.2 Å². The van der Waals surface area contributed by atoms with Crippen LogP contribution in [0.25, 0.3) is 0 Å². The van der Waals surface area contributed by atoms with E-state index in [-0.39, 0.29) is 29.7 Å². The van der Waals surface area contributed by atoms with Crippen LogP contribution in [0.4, 0.5) is 15.9 Å². The number of nitrogens with zero attached hydrogens (tertiary/aromatic N) is 2. The Balaban J connectivity index is 2.42. The van der Waals surface area contributed by atoms with Crippen molar-refractivity contribution in [1.82, 2.24) is 9.55 Å². The summed E-state index contributed by atoms with van der Waals surface area (Å²) in [6.45, 7) is 4.70. The van der Waals surface area contributed by atoms with Crippen molar-refractivity contribution < 1.29 is 9.18 Å². The van der Waals surface area contributed by atoms with Crippen LogP contribution in [0, 0.1) is 5.82 Å². The Morgan fingerprint density at radius 3 is 2.38 bits per heavy atom. The number of amides is 1. The summed E-state index contributed by atoms with van der Waals surface area (Å²) in [7, 11) is 0. The van der Waals surface area contributed by atoms with E-state index in [0.717, 1.165) is 25.7 Å². The number of hydrogen-bond acceptors (Lipinski definition) is 4. The molecular formula is C21H29FN4O3. The maximum absolute atomic E-state index is 13.2. The number of H-pyrrole nitrogens is 1. The molecule has 0 unspecified atom stereocenters. The average molecular weight is 404 g/mol. The molecule has 2 rings (SSSR count). The SMILES string of the molecule is CCCCCN(C(=O)Cc1ccc(F)cc1)c1c(N)n(CCCC)c(=O)[nH]c1=O. The third-order valence-corrected chi connectivity index (χ3v) is 4.77. The summed E-state index contributed by atoms with van der Waals surface area (Å²) >= 11 is 0. The number of unbranched alkanes of at least 4 members (excludes halogenated alkanes) is 3. The maximum Gasteiger partial charge on any atom is 0.330 e. The number of nitrogens with one attached hydrogen (secondary N) is 1. The third-order valence-electron chi connectivity index (χ3n) is 4.77. The van der Waals surface area contributed by atoms with E-state index >= 15 is 0 Å². The van der Waals surface area contributed by atoms with Crippen molar-refractivity contribution in [1.29, 1.82) is 0 Å². The maximum atomic E-state index is 13.2. The van der Waals surface area contributed by atoms with Crippen molar-refractivity contribution >= 4 is 17.4 Å². The van der Waals surface area contributed by atoms with Crippen LogP contribution < -0.4 is 21.9 Å². The zero-order valence-electron chi connectivity index (χ0n) is 17.0. The third kappa shape index (κ3) is 5.79. The lowest BCUT2D eigenvalue weighted by molar-refractivity contribution is -0.118. The van der Waals surface area contributed by atoms with Gasteiger partial charge in [0.05, 0.1) is 6.42 Å². The van der Waals surface area contributed by atoms with Crippen molar-refractivity contribution in [2.24, 2.45) is 0 Å². The standard InChI is InChI=1S/C21H29FN4O3/c1-3-5-7-13-25(17(27)14-15-8-10-16(22)11-9-15)18-19(23)26(12-6-4-2)21(29)24-20(18)28/h8-11H,3-7,12-14,23H2,1-2H3,(H,24,28,29). The lowest BCUT2D eigenvalue weighted by atomic mass is 10.1. The Kier molecular flexibility index (Phi) is 8.18. The van der Waals surface area contributed by atoms with Crippen LogP contribution >= 0.6 is 0 Å². The van der Waals surface area contributed by atoms with Gasteiger partial charge < -0.3 is 10.6 Å². The highest BCUT2D eigenvalue weighted by Crippen LogP contribution is 2.20. The molecule has 0 spiro atoms. The highest BCUT2D eigenvalue weighted by atomic mass is 19.1. The highest BCUT2D eigenvalue weighted by Gasteiger charge is 2.24. The zero-order valence-corrected chi connectivity index (χ0v) is 17.0. The number of aromatic nitrogens is 2. The fourth-order valence-corrected chi connectivity index (χ4v) is 3.13. The number of carbonyl (C=O) groups is 1. The first kappa shape index (κ1) is 22.4. The quantitative estimate of drug-likeness (QED) is 0.595. The molecule has 7 nitrogen and oxygen atoms in total. The largest absolute Gasteiger partial charge is 0.383 e. The second kappa shape index (κ2) is 10.6. The molecule has 0 aliphatic heterocycles. The van der Waals surface area contributed by atoms with Gasteiger partial charge in [-0.15, -0.1) is 0 Å². The van der Waals surface area contributed by atoms with Gasteiger partial charge in [0.15, 0.2) is 5.69 Å². The van der Waals surface area contributed by atoms with E-state index in [1.165, 1.54) is 33.7 Å². The van der Waals surface area contributed by atoms with Gasteiger partial charge in [-0.3, -0.25) is 19.1 Å². The van der Waals surface area contributed by atoms with E-state index in [4.69, 9.17) is 5.73 Å². The molecule has 0 radical (unpaired) electrons. The Hall–Kier alpha value is -2.90. The second-order valence-electron chi connectivity index (χ2n) is 7.05. The predicted octanol–water partition coefficient (Wildman–Crippen LogP) is 2.82. The van der Waals surface area contributed by atoms with Crippen molar-refractivity contribution in [3.05, 3.63) is 56.5 Å². The molecule has 0 aliphatic rings. The minimum Gasteiger partial charge on any atom is -0.383 e. The molecule has 3 N–H and O–H groups in total. The summed E-state index contributed by atoms with van der Waals surface area (Å²) < 4.78 is 14.5. The summed E-state index contributed by atoms with van der Waals surface area (Å²) in [5.41, 5.74) is 5.56. The predicted molar refractivity (Wildman–Crippen MR) is 113 cm³/mol. The van der Waals surface area contributed by atoms with Crippen LogP contribution in [0.3, 0.4) is 0 Å². The average Bonchev–Trinajstić information content (AvgIpc) is 2.68.